The van der Waals surface area contributed by atoms with Crippen LogP contribution in [0.15, 0.2) is 24.5 Å². The molecule has 2 aromatic heterocycles. The maximum atomic E-state index is 4.39. The Bertz CT molecular complexity index is 606. The van der Waals surface area contributed by atoms with Crippen LogP contribution in [-0.2, 0) is 6.54 Å². The highest BCUT2D eigenvalue weighted by Gasteiger charge is 2.25. The first kappa shape index (κ1) is 14.2. The minimum Gasteiger partial charge on any atom is -0.346 e. The highest BCUT2D eigenvalue weighted by Crippen LogP contribution is 2.24. The van der Waals surface area contributed by atoms with E-state index in [1.165, 1.54) is 69.2 Å². The van der Waals surface area contributed by atoms with E-state index in [2.05, 4.69) is 32.0 Å². The van der Waals surface area contributed by atoms with Crippen LogP contribution in [0.1, 0.15) is 37.7 Å². The number of piperazine rings is 1. The van der Waals surface area contributed by atoms with Crippen LogP contribution >= 0.6 is 0 Å². The zero-order valence-electron chi connectivity index (χ0n) is 13.3. The Labute approximate surface area is 132 Å². The monoisotopic (exact) mass is 298 g/mol. The molecule has 2 aromatic rings. The average molecular weight is 298 g/mol. The molecule has 2 fully saturated rings. The lowest BCUT2D eigenvalue weighted by molar-refractivity contribution is 0.0757. The van der Waals surface area contributed by atoms with Crippen molar-refractivity contribution in [1.82, 2.24) is 19.8 Å². The second-order valence-electron chi connectivity index (χ2n) is 6.82. The van der Waals surface area contributed by atoms with Gasteiger partial charge in [0.2, 0.25) is 0 Å². The first-order chi connectivity index (χ1) is 10.9. The Balaban J connectivity index is 1.35. The molecular formula is C18H26N4. The molecule has 4 heteroatoms. The summed E-state index contributed by atoms with van der Waals surface area (Å²) in [5.74, 6) is 0. The number of H-pyrrole nitrogens is 1. The molecule has 2 aliphatic rings. The van der Waals surface area contributed by atoms with Gasteiger partial charge in [0.15, 0.2) is 0 Å². The Morgan fingerprint density at radius 3 is 2.73 bits per heavy atom. The lowest BCUT2D eigenvalue weighted by Gasteiger charge is -2.40. The Kier molecular flexibility index (Phi) is 4.13. The van der Waals surface area contributed by atoms with Gasteiger partial charge in [0.05, 0.1) is 0 Å². The molecule has 1 saturated heterocycles. The topological polar surface area (TPSA) is 35.2 Å². The normalized spacial score (nSPS) is 22.4. The lowest BCUT2D eigenvalue weighted by Crippen LogP contribution is -2.50. The van der Waals surface area contributed by atoms with Crippen molar-refractivity contribution in [2.75, 3.05) is 26.2 Å². The van der Waals surface area contributed by atoms with Gasteiger partial charge in [-0.1, -0.05) is 19.3 Å². The largest absolute Gasteiger partial charge is 0.346 e. The van der Waals surface area contributed by atoms with E-state index in [1.807, 2.05) is 12.3 Å². The van der Waals surface area contributed by atoms with E-state index >= 15 is 0 Å². The van der Waals surface area contributed by atoms with Gasteiger partial charge in [-0.15, -0.1) is 0 Å². The molecular weight excluding hydrogens is 272 g/mol. The summed E-state index contributed by atoms with van der Waals surface area (Å²) in [7, 11) is 0. The van der Waals surface area contributed by atoms with Crippen LogP contribution in [0.25, 0.3) is 11.0 Å². The first-order valence-electron chi connectivity index (χ1n) is 8.77. The van der Waals surface area contributed by atoms with Gasteiger partial charge in [-0.25, -0.2) is 4.98 Å². The third-order valence-electron chi connectivity index (χ3n) is 5.43. The molecule has 1 saturated carbocycles. The molecule has 3 heterocycles. The molecule has 1 N–H and O–H groups in total. The van der Waals surface area contributed by atoms with Gasteiger partial charge in [0.25, 0.3) is 0 Å². The van der Waals surface area contributed by atoms with Crippen molar-refractivity contribution in [3.05, 3.63) is 30.1 Å². The fraction of sp³-hybridized carbons (Fsp3) is 0.611. The van der Waals surface area contributed by atoms with E-state index in [9.17, 15) is 0 Å². The number of aromatic amines is 1. The Morgan fingerprint density at radius 1 is 1.09 bits per heavy atom. The number of rotatable bonds is 3. The summed E-state index contributed by atoms with van der Waals surface area (Å²) < 4.78 is 0. The van der Waals surface area contributed by atoms with Crippen LogP contribution in [0.3, 0.4) is 0 Å². The Morgan fingerprint density at radius 2 is 1.91 bits per heavy atom. The molecule has 0 aromatic carbocycles. The zero-order chi connectivity index (χ0) is 14.8. The van der Waals surface area contributed by atoms with Gasteiger partial charge >= 0.3 is 0 Å². The molecule has 0 unspecified atom stereocenters. The molecule has 0 bridgehead atoms. The van der Waals surface area contributed by atoms with Crippen molar-refractivity contribution in [3.8, 4) is 0 Å². The molecule has 0 spiro atoms. The highest BCUT2D eigenvalue weighted by molar-refractivity contribution is 5.79. The molecule has 1 aliphatic heterocycles. The zero-order valence-corrected chi connectivity index (χ0v) is 13.3. The molecule has 4 rings (SSSR count). The molecule has 1 aliphatic carbocycles. The molecule has 4 nitrogen and oxygen atoms in total. The van der Waals surface area contributed by atoms with Gasteiger partial charge in [-0.3, -0.25) is 9.80 Å². The van der Waals surface area contributed by atoms with E-state index in [0.717, 1.165) is 18.2 Å². The molecule has 22 heavy (non-hydrogen) atoms. The molecule has 118 valence electrons. The fourth-order valence-corrected chi connectivity index (χ4v) is 4.12. The smallest absolute Gasteiger partial charge is 0.137 e. The van der Waals surface area contributed by atoms with Gasteiger partial charge < -0.3 is 4.98 Å². The van der Waals surface area contributed by atoms with E-state index in [1.54, 1.807) is 0 Å². The van der Waals surface area contributed by atoms with Crippen LogP contribution in [0.5, 0.6) is 0 Å². The first-order valence-corrected chi connectivity index (χ1v) is 8.77. The third kappa shape index (κ3) is 2.90. The van der Waals surface area contributed by atoms with Gasteiger partial charge in [-0.2, -0.15) is 0 Å². The van der Waals surface area contributed by atoms with Crippen molar-refractivity contribution in [2.45, 2.75) is 44.7 Å². The van der Waals surface area contributed by atoms with Crippen LogP contribution in [0, 0.1) is 0 Å². The summed E-state index contributed by atoms with van der Waals surface area (Å²) in [5.41, 5.74) is 2.40. The predicted molar refractivity (Wildman–Crippen MR) is 89.8 cm³/mol. The molecule has 0 amide bonds. The fourth-order valence-electron chi connectivity index (χ4n) is 4.12. The summed E-state index contributed by atoms with van der Waals surface area (Å²) in [4.78, 5) is 13.0. The third-order valence-corrected chi connectivity index (χ3v) is 5.43. The van der Waals surface area contributed by atoms with Gasteiger partial charge in [-0.05, 0) is 30.5 Å². The van der Waals surface area contributed by atoms with E-state index in [4.69, 9.17) is 0 Å². The van der Waals surface area contributed by atoms with Crippen molar-refractivity contribution in [1.29, 1.82) is 0 Å². The minimum absolute atomic E-state index is 0.869. The highest BCUT2D eigenvalue weighted by atomic mass is 15.3. The average Bonchev–Trinajstić information content (AvgIpc) is 3.00. The summed E-state index contributed by atoms with van der Waals surface area (Å²) in [6, 6.07) is 5.07. The van der Waals surface area contributed by atoms with Gasteiger partial charge in [0.1, 0.15) is 5.65 Å². The maximum Gasteiger partial charge on any atom is 0.137 e. The number of fused-ring (bicyclic) bond motifs is 1. The van der Waals surface area contributed by atoms with Crippen molar-refractivity contribution in [2.24, 2.45) is 0 Å². The minimum atomic E-state index is 0.869. The maximum absolute atomic E-state index is 4.39. The van der Waals surface area contributed by atoms with E-state index in [0.29, 0.717) is 0 Å². The quantitative estimate of drug-likeness (QED) is 0.946. The number of hydrogen-bond acceptors (Lipinski definition) is 3. The summed E-state index contributed by atoms with van der Waals surface area (Å²) in [6.45, 7) is 5.92. The van der Waals surface area contributed by atoms with E-state index < -0.39 is 0 Å². The number of nitrogens with zero attached hydrogens (tertiary/aromatic N) is 3. The lowest BCUT2D eigenvalue weighted by atomic mass is 9.94. The molecule has 0 atom stereocenters. The Hall–Kier alpha value is -1.39. The number of nitrogens with one attached hydrogen (secondary N) is 1. The van der Waals surface area contributed by atoms with Crippen molar-refractivity contribution >= 4 is 11.0 Å². The van der Waals surface area contributed by atoms with Gasteiger partial charge in [0, 0.05) is 56.5 Å². The van der Waals surface area contributed by atoms with Crippen molar-refractivity contribution in [3.63, 3.8) is 0 Å². The standard InChI is InChI=1S/C18H26N4/c1-2-5-16(6-3-1)22-11-9-21(10-12-22)14-15-13-20-18-17(15)7-4-8-19-18/h4,7-8,13,16H,1-3,5-6,9-12,14H2,(H,19,20). The second-order valence-corrected chi connectivity index (χ2v) is 6.82. The SMILES string of the molecule is c1cnc2[nH]cc(CN3CCN(C4CCCCC4)CC3)c2c1. The van der Waals surface area contributed by atoms with Crippen LogP contribution in [0.2, 0.25) is 0 Å². The predicted octanol–water partition coefficient (Wildman–Crippen LogP) is 3.01. The second kappa shape index (κ2) is 6.39. The van der Waals surface area contributed by atoms with E-state index in [-0.39, 0.29) is 0 Å². The van der Waals surface area contributed by atoms with Crippen LogP contribution in [-0.4, -0.2) is 52.0 Å². The summed E-state index contributed by atoms with van der Waals surface area (Å²) in [5, 5.41) is 1.28. The number of aromatic nitrogens is 2. The summed E-state index contributed by atoms with van der Waals surface area (Å²) >= 11 is 0. The van der Waals surface area contributed by atoms with Crippen LogP contribution in [0.4, 0.5) is 0 Å². The van der Waals surface area contributed by atoms with Crippen molar-refractivity contribution < 1.29 is 0 Å². The number of hydrogen-bond donors (Lipinski definition) is 1. The van der Waals surface area contributed by atoms with Crippen LogP contribution < -0.4 is 0 Å². The summed E-state index contributed by atoms with van der Waals surface area (Å²) in [6.07, 6.45) is 11.2. The number of pyridine rings is 1. The molecule has 0 radical (unpaired) electrons.